The number of rotatable bonds is 2. The number of halogens is 3. The Morgan fingerprint density at radius 2 is 1.84 bits per heavy atom. The normalized spacial score (nSPS) is 17.7. The van der Waals surface area contributed by atoms with Gasteiger partial charge in [0, 0.05) is 42.8 Å². The third-order valence-electron chi connectivity index (χ3n) is 6.62. The number of alkyl halides is 3. The number of piperidine rings is 1. The van der Waals surface area contributed by atoms with E-state index in [1.165, 1.54) is 0 Å². The van der Waals surface area contributed by atoms with Crippen LogP contribution in [0.2, 0.25) is 0 Å². The molecule has 4 heterocycles. The van der Waals surface area contributed by atoms with Crippen molar-refractivity contribution in [2.45, 2.75) is 64.5 Å². The lowest BCUT2D eigenvalue weighted by Gasteiger charge is -2.32. The molecule has 1 saturated heterocycles. The molecule has 1 fully saturated rings. The molecule has 1 aliphatic carbocycles. The van der Waals surface area contributed by atoms with Crippen LogP contribution in [0.15, 0.2) is 16.5 Å². The Bertz CT molecular complexity index is 1190. The summed E-state index contributed by atoms with van der Waals surface area (Å²) in [4.78, 5) is 19.5. The van der Waals surface area contributed by atoms with Gasteiger partial charge in [-0.15, -0.1) is 0 Å². The second-order valence-electron chi connectivity index (χ2n) is 8.83. The largest absolute Gasteiger partial charge is 0.465 e. The lowest BCUT2D eigenvalue weighted by atomic mass is 9.91. The summed E-state index contributed by atoms with van der Waals surface area (Å²) < 4.78 is 47.6. The highest BCUT2D eigenvalue weighted by Gasteiger charge is 2.37. The third kappa shape index (κ3) is 3.57. The van der Waals surface area contributed by atoms with Crippen LogP contribution in [-0.4, -0.2) is 38.5 Å². The number of aromatic nitrogens is 3. The minimum atomic E-state index is -4.52. The molecular formula is C23H25F3N4O2. The van der Waals surface area contributed by atoms with Gasteiger partial charge in [0.15, 0.2) is 5.65 Å². The molecule has 170 valence electrons. The minimum absolute atomic E-state index is 0.0290. The van der Waals surface area contributed by atoms with E-state index < -0.39 is 11.9 Å². The number of carbonyl (C=O) groups is 1. The van der Waals surface area contributed by atoms with Gasteiger partial charge in [-0.05, 0) is 52.0 Å². The van der Waals surface area contributed by atoms with Crippen molar-refractivity contribution in [3.05, 3.63) is 51.9 Å². The Morgan fingerprint density at radius 3 is 2.56 bits per heavy atom. The summed E-state index contributed by atoms with van der Waals surface area (Å²) in [6.07, 6.45) is 0.471. The SMILES string of the molecule is Cc1cc2nc(C3CCN(C(=O)c4c(C)oc5c4CCCC5)CC3)cc(C(F)(F)F)n2n1. The summed E-state index contributed by atoms with van der Waals surface area (Å²) in [5.41, 5.74) is 2.01. The molecule has 5 rings (SSSR count). The molecular weight excluding hydrogens is 421 g/mol. The summed E-state index contributed by atoms with van der Waals surface area (Å²) in [7, 11) is 0. The van der Waals surface area contributed by atoms with Crippen LogP contribution >= 0.6 is 0 Å². The van der Waals surface area contributed by atoms with Crippen LogP contribution in [0.1, 0.15) is 76.1 Å². The molecule has 0 bridgehead atoms. The van der Waals surface area contributed by atoms with Gasteiger partial charge in [0.1, 0.15) is 17.2 Å². The van der Waals surface area contributed by atoms with E-state index in [9.17, 15) is 18.0 Å². The first-order chi connectivity index (χ1) is 15.2. The molecule has 9 heteroatoms. The molecule has 3 aromatic rings. The summed E-state index contributed by atoms with van der Waals surface area (Å²) in [6.45, 7) is 4.45. The van der Waals surface area contributed by atoms with Gasteiger partial charge in [0.25, 0.3) is 5.91 Å². The van der Waals surface area contributed by atoms with Crippen molar-refractivity contribution in [1.29, 1.82) is 0 Å². The average Bonchev–Trinajstić information content (AvgIpc) is 3.29. The number of hydrogen-bond donors (Lipinski definition) is 0. The van der Waals surface area contributed by atoms with Gasteiger partial charge in [0.2, 0.25) is 0 Å². The number of hydrogen-bond acceptors (Lipinski definition) is 4. The molecule has 0 aromatic carbocycles. The summed E-state index contributed by atoms with van der Waals surface area (Å²) >= 11 is 0. The van der Waals surface area contributed by atoms with Crippen molar-refractivity contribution in [2.24, 2.45) is 0 Å². The Kier molecular flexibility index (Phi) is 5.02. The standard InChI is InChI=1S/C23H25F3N4O2/c1-13-11-20-27-17(12-19(23(24,25)26)30(20)28-13)15-7-9-29(10-8-15)22(31)21-14(2)32-18-6-4-3-5-16(18)21/h11-12,15H,3-10H2,1-2H3. The van der Waals surface area contributed by atoms with E-state index in [1.807, 2.05) is 6.92 Å². The van der Waals surface area contributed by atoms with Crippen LogP contribution < -0.4 is 0 Å². The molecule has 0 radical (unpaired) electrons. The van der Waals surface area contributed by atoms with Crippen molar-refractivity contribution >= 4 is 11.6 Å². The highest BCUT2D eigenvalue weighted by molar-refractivity contribution is 5.97. The van der Waals surface area contributed by atoms with Crippen LogP contribution in [0.3, 0.4) is 0 Å². The van der Waals surface area contributed by atoms with E-state index in [2.05, 4.69) is 10.1 Å². The first-order valence-electron chi connectivity index (χ1n) is 11.1. The number of likely N-dealkylation sites (tertiary alicyclic amines) is 1. The average molecular weight is 446 g/mol. The van der Waals surface area contributed by atoms with Crippen LogP contribution in [0.5, 0.6) is 0 Å². The van der Waals surface area contributed by atoms with Crippen molar-refractivity contribution in [3.63, 3.8) is 0 Å². The van der Waals surface area contributed by atoms with Crippen molar-refractivity contribution < 1.29 is 22.4 Å². The van der Waals surface area contributed by atoms with Gasteiger partial charge in [-0.25, -0.2) is 9.50 Å². The fraction of sp³-hybridized carbons (Fsp3) is 0.522. The fourth-order valence-corrected chi connectivity index (χ4v) is 5.04. The Balaban J connectivity index is 1.37. The second-order valence-corrected chi connectivity index (χ2v) is 8.83. The monoisotopic (exact) mass is 446 g/mol. The lowest BCUT2D eigenvalue weighted by molar-refractivity contribution is -0.142. The molecule has 1 amide bonds. The second kappa shape index (κ2) is 7.64. The van der Waals surface area contributed by atoms with Gasteiger partial charge in [-0.2, -0.15) is 18.3 Å². The molecule has 2 aliphatic rings. The summed E-state index contributed by atoms with van der Waals surface area (Å²) in [5, 5.41) is 3.95. The smallest absolute Gasteiger partial charge is 0.433 e. The minimum Gasteiger partial charge on any atom is -0.465 e. The first kappa shape index (κ1) is 21.0. The Hall–Kier alpha value is -2.84. The molecule has 3 aromatic heterocycles. The van der Waals surface area contributed by atoms with Gasteiger partial charge in [-0.1, -0.05) is 0 Å². The zero-order chi connectivity index (χ0) is 22.6. The topological polar surface area (TPSA) is 63.6 Å². The van der Waals surface area contributed by atoms with Gasteiger partial charge in [-0.3, -0.25) is 4.79 Å². The van der Waals surface area contributed by atoms with Crippen molar-refractivity contribution in [2.75, 3.05) is 13.1 Å². The molecule has 0 unspecified atom stereocenters. The highest BCUT2D eigenvalue weighted by Crippen LogP contribution is 2.35. The van der Waals surface area contributed by atoms with Gasteiger partial charge < -0.3 is 9.32 Å². The predicted molar refractivity (Wildman–Crippen MR) is 111 cm³/mol. The quantitative estimate of drug-likeness (QED) is 0.564. The van der Waals surface area contributed by atoms with Crippen LogP contribution in [0, 0.1) is 13.8 Å². The van der Waals surface area contributed by atoms with Crippen molar-refractivity contribution in [1.82, 2.24) is 19.5 Å². The van der Waals surface area contributed by atoms with E-state index >= 15 is 0 Å². The van der Waals surface area contributed by atoms with E-state index in [0.717, 1.165) is 47.6 Å². The third-order valence-corrected chi connectivity index (χ3v) is 6.62. The van der Waals surface area contributed by atoms with E-state index in [1.54, 1.807) is 17.9 Å². The zero-order valence-electron chi connectivity index (χ0n) is 18.1. The number of furan rings is 1. The first-order valence-corrected chi connectivity index (χ1v) is 11.1. The van der Waals surface area contributed by atoms with E-state index in [0.29, 0.717) is 48.6 Å². The molecule has 0 N–H and O–H groups in total. The van der Waals surface area contributed by atoms with E-state index in [4.69, 9.17) is 4.42 Å². The number of carbonyl (C=O) groups excluding carboxylic acids is 1. The molecule has 32 heavy (non-hydrogen) atoms. The number of amides is 1. The Morgan fingerprint density at radius 1 is 1.12 bits per heavy atom. The summed E-state index contributed by atoms with van der Waals surface area (Å²) in [5.74, 6) is 1.43. The fourth-order valence-electron chi connectivity index (χ4n) is 5.04. The van der Waals surface area contributed by atoms with Crippen LogP contribution in [0.4, 0.5) is 13.2 Å². The van der Waals surface area contributed by atoms with Gasteiger partial charge >= 0.3 is 6.18 Å². The lowest BCUT2D eigenvalue weighted by Crippen LogP contribution is -2.38. The molecule has 0 atom stereocenters. The van der Waals surface area contributed by atoms with Crippen LogP contribution in [0.25, 0.3) is 5.65 Å². The molecule has 6 nitrogen and oxygen atoms in total. The maximum absolute atomic E-state index is 13.6. The summed E-state index contributed by atoms with van der Waals surface area (Å²) in [6, 6.07) is 2.67. The predicted octanol–water partition coefficient (Wildman–Crippen LogP) is 4.86. The number of nitrogens with zero attached hydrogens (tertiary/aromatic N) is 4. The van der Waals surface area contributed by atoms with Crippen LogP contribution in [-0.2, 0) is 19.0 Å². The Labute approximate surface area is 183 Å². The highest BCUT2D eigenvalue weighted by atomic mass is 19.4. The zero-order valence-corrected chi connectivity index (χ0v) is 18.1. The molecule has 0 spiro atoms. The number of fused-ring (bicyclic) bond motifs is 2. The molecule has 0 saturated carbocycles. The molecule has 1 aliphatic heterocycles. The number of aryl methyl sites for hydroxylation is 3. The van der Waals surface area contributed by atoms with Gasteiger partial charge in [0.05, 0.1) is 11.3 Å². The van der Waals surface area contributed by atoms with Crippen molar-refractivity contribution in [3.8, 4) is 0 Å². The van der Waals surface area contributed by atoms with E-state index in [-0.39, 0.29) is 17.5 Å². The maximum atomic E-state index is 13.6. The maximum Gasteiger partial charge on any atom is 0.433 e.